The van der Waals surface area contributed by atoms with Gasteiger partial charge in [0.2, 0.25) is 0 Å². The minimum absolute atomic E-state index is 0.186. The number of benzene rings is 1. The highest BCUT2D eigenvalue weighted by molar-refractivity contribution is 5.80. The number of nitrogens with one attached hydrogen (secondary N) is 2. The van der Waals surface area contributed by atoms with Crippen LogP contribution < -0.4 is 10.6 Å². The summed E-state index contributed by atoms with van der Waals surface area (Å²) >= 11 is 0. The summed E-state index contributed by atoms with van der Waals surface area (Å²) in [4.78, 5) is 4.29. The molecule has 1 unspecified atom stereocenters. The average molecular weight is 322 g/mol. The largest absolute Gasteiger partial charge is 0.356 e. The number of guanidine groups is 1. The number of aromatic nitrogens is 3. The first-order valence-electron chi connectivity index (χ1n) is 8.08. The average Bonchev–Trinajstić information content (AvgIpc) is 3.05. The zero-order valence-electron chi connectivity index (χ0n) is 14.0. The third kappa shape index (κ3) is 3.71. The van der Waals surface area contributed by atoms with Gasteiger partial charge in [-0.25, -0.2) is 0 Å². The molecule has 6 nitrogen and oxygen atoms in total. The van der Waals surface area contributed by atoms with Crippen molar-refractivity contribution in [2.75, 3.05) is 13.6 Å². The Hall–Kier alpha value is -2.89. The van der Waals surface area contributed by atoms with Gasteiger partial charge in [0.05, 0.1) is 6.04 Å². The van der Waals surface area contributed by atoms with Gasteiger partial charge in [0.25, 0.3) is 0 Å². The van der Waals surface area contributed by atoms with Crippen LogP contribution in [-0.4, -0.2) is 34.2 Å². The Morgan fingerprint density at radius 1 is 1.12 bits per heavy atom. The molecule has 1 aromatic carbocycles. The SMILES string of the molecule is CN=C(NCCc1nnc2ccccn12)NC(C)c1ccccc1. The molecule has 1 atom stereocenters. The zero-order chi connectivity index (χ0) is 16.8. The van der Waals surface area contributed by atoms with Crippen LogP contribution in [0.1, 0.15) is 24.4 Å². The number of hydrogen-bond acceptors (Lipinski definition) is 3. The summed E-state index contributed by atoms with van der Waals surface area (Å²) in [6.45, 7) is 2.85. The molecular formula is C18H22N6. The molecule has 0 saturated heterocycles. The van der Waals surface area contributed by atoms with Crippen molar-refractivity contribution in [1.82, 2.24) is 25.2 Å². The summed E-state index contributed by atoms with van der Waals surface area (Å²) in [7, 11) is 1.78. The van der Waals surface area contributed by atoms with E-state index in [0.29, 0.717) is 0 Å². The quantitative estimate of drug-likeness (QED) is 0.558. The van der Waals surface area contributed by atoms with Crippen LogP contribution in [0.15, 0.2) is 59.7 Å². The second-order valence-electron chi connectivity index (χ2n) is 5.57. The molecule has 0 aliphatic rings. The summed E-state index contributed by atoms with van der Waals surface area (Å²) in [6.07, 6.45) is 2.75. The van der Waals surface area contributed by atoms with E-state index in [1.165, 1.54) is 5.56 Å². The molecule has 124 valence electrons. The number of fused-ring (bicyclic) bond motifs is 1. The van der Waals surface area contributed by atoms with E-state index >= 15 is 0 Å². The molecule has 0 amide bonds. The Labute approximate surface area is 141 Å². The first kappa shape index (κ1) is 16.0. The van der Waals surface area contributed by atoms with Gasteiger partial charge in [-0.2, -0.15) is 0 Å². The summed E-state index contributed by atoms with van der Waals surface area (Å²) in [6, 6.07) is 16.4. The van der Waals surface area contributed by atoms with E-state index < -0.39 is 0 Å². The molecule has 3 rings (SSSR count). The van der Waals surface area contributed by atoms with E-state index in [4.69, 9.17) is 0 Å². The van der Waals surface area contributed by atoms with E-state index in [-0.39, 0.29) is 6.04 Å². The molecule has 3 aromatic rings. The Bertz CT molecular complexity index is 809. The molecule has 0 aliphatic carbocycles. The molecule has 2 aromatic heterocycles. The third-order valence-corrected chi connectivity index (χ3v) is 3.90. The number of nitrogens with zero attached hydrogens (tertiary/aromatic N) is 4. The first-order valence-corrected chi connectivity index (χ1v) is 8.08. The minimum Gasteiger partial charge on any atom is -0.356 e. The van der Waals surface area contributed by atoms with Crippen LogP contribution in [0.2, 0.25) is 0 Å². The fraction of sp³-hybridized carbons (Fsp3) is 0.278. The van der Waals surface area contributed by atoms with Crippen molar-refractivity contribution in [3.8, 4) is 0 Å². The Morgan fingerprint density at radius 2 is 1.92 bits per heavy atom. The van der Waals surface area contributed by atoms with Gasteiger partial charge in [-0.3, -0.25) is 9.39 Å². The van der Waals surface area contributed by atoms with Crippen molar-refractivity contribution in [2.45, 2.75) is 19.4 Å². The second-order valence-corrected chi connectivity index (χ2v) is 5.57. The van der Waals surface area contributed by atoms with Crippen LogP contribution in [0.3, 0.4) is 0 Å². The van der Waals surface area contributed by atoms with Crippen LogP contribution in [0.5, 0.6) is 0 Å². The number of hydrogen-bond donors (Lipinski definition) is 2. The van der Waals surface area contributed by atoms with E-state index in [0.717, 1.165) is 30.4 Å². The van der Waals surface area contributed by atoms with Gasteiger partial charge < -0.3 is 10.6 Å². The lowest BCUT2D eigenvalue weighted by atomic mass is 10.1. The minimum atomic E-state index is 0.186. The van der Waals surface area contributed by atoms with Crippen LogP contribution >= 0.6 is 0 Å². The van der Waals surface area contributed by atoms with Crippen LogP contribution in [-0.2, 0) is 6.42 Å². The van der Waals surface area contributed by atoms with Crippen molar-refractivity contribution in [3.63, 3.8) is 0 Å². The van der Waals surface area contributed by atoms with E-state index in [1.807, 2.05) is 47.0 Å². The fourth-order valence-electron chi connectivity index (χ4n) is 2.58. The van der Waals surface area contributed by atoms with Gasteiger partial charge in [0.15, 0.2) is 11.6 Å². The van der Waals surface area contributed by atoms with Gasteiger partial charge in [-0.15, -0.1) is 10.2 Å². The van der Waals surface area contributed by atoms with Gasteiger partial charge >= 0.3 is 0 Å². The number of aliphatic imine (C=N–C) groups is 1. The second kappa shape index (κ2) is 7.59. The summed E-state index contributed by atoms with van der Waals surface area (Å²) < 4.78 is 2.00. The van der Waals surface area contributed by atoms with Crippen molar-refractivity contribution in [3.05, 3.63) is 66.1 Å². The molecular weight excluding hydrogens is 300 g/mol. The molecule has 0 aliphatic heterocycles. The topological polar surface area (TPSA) is 66.6 Å². The van der Waals surface area contributed by atoms with Gasteiger partial charge in [-0.1, -0.05) is 36.4 Å². The van der Waals surface area contributed by atoms with Gasteiger partial charge in [0.1, 0.15) is 5.82 Å². The van der Waals surface area contributed by atoms with E-state index in [1.54, 1.807) is 7.05 Å². The standard InChI is InChI=1S/C18H22N6/c1-14(15-8-4-3-5-9-15)21-18(19-2)20-12-11-17-23-22-16-10-6-7-13-24(16)17/h3-10,13-14H,11-12H2,1-2H3,(H2,19,20,21). The molecule has 6 heteroatoms. The third-order valence-electron chi connectivity index (χ3n) is 3.90. The van der Waals surface area contributed by atoms with Crippen molar-refractivity contribution in [1.29, 1.82) is 0 Å². The Kier molecular flexibility index (Phi) is 5.05. The lowest BCUT2D eigenvalue weighted by Crippen LogP contribution is -2.39. The summed E-state index contributed by atoms with van der Waals surface area (Å²) in [5.41, 5.74) is 2.09. The number of pyridine rings is 1. The maximum absolute atomic E-state index is 4.29. The number of rotatable bonds is 5. The van der Waals surface area contributed by atoms with Crippen molar-refractivity contribution < 1.29 is 0 Å². The maximum Gasteiger partial charge on any atom is 0.191 e. The molecule has 0 fully saturated rings. The summed E-state index contributed by atoms with van der Waals surface area (Å²) in [5, 5.41) is 15.1. The monoisotopic (exact) mass is 322 g/mol. The van der Waals surface area contributed by atoms with Gasteiger partial charge in [-0.05, 0) is 24.6 Å². The smallest absolute Gasteiger partial charge is 0.191 e. The summed E-state index contributed by atoms with van der Waals surface area (Å²) in [5.74, 6) is 1.71. The highest BCUT2D eigenvalue weighted by Gasteiger charge is 2.08. The predicted molar refractivity (Wildman–Crippen MR) is 96.0 cm³/mol. The lowest BCUT2D eigenvalue weighted by molar-refractivity contribution is 0.679. The lowest BCUT2D eigenvalue weighted by Gasteiger charge is -2.18. The Balaban J connectivity index is 1.55. The van der Waals surface area contributed by atoms with E-state index in [2.05, 4.69) is 44.9 Å². The first-order chi connectivity index (χ1) is 11.8. The van der Waals surface area contributed by atoms with Crippen LogP contribution in [0.4, 0.5) is 0 Å². The molecule has 2 heterocycles. The maximum atomic E-state index is 4.29. The van der Waals surface area contributed by atoms with E-state index in [9.17, 15) is 0 Å². The molecule has 0 bridgehead atoms. The molecule has 24 heavy (non-hydrogen) atoms. The molecule has 2 N–H and O–H groups in total. The normalized spacial score (nSPS) is 13.0. The van der Waals surface area contributed by atoms with Crippen molar-refractivity contribution in [2.24, 2.45) is 4.99 Å². The van der Waals surface area contributed by atoms with Crippen LogP contribution in [0.25, 0.3) is 5.65 Å². The van der Waals surface area contributed by atoms with Gasteiger partial charge in [0, 0.05) is 26.2 Å². The highest BCUT2D eigenvalue weighted by atomic mass is 15.2. The molecule has 0 saturated carbocycles. The molecule has 0 spiro atoms. The highest BCUT2D eigenvalue weighted by Crippen LogP contribution is 2.10. The fourth-order valence-corrected chi connectivity index (χ4v) is 2.58. The molecule has 0 radical (unpaired) electrons. The predicted octanol–water partition coefficient (Wildman–Crippen LogP) is 2.20. The van der Waals surface area contributed by atoms with Crippen molar-refractivity contribution >= 4 is 11.6 Å². The van der Waals surface area contributed by atoms with Crippen LogP contribution in [0, 0.1) is 0 Å². The Morgan fingerprint density at radius 3 is 2.71 bits per heavy atom. The zero-order valence-corrected chi connectivity index (χ0v) is 14.0.